The van der Waals surface area contributed by atoms with Gasteiger partial charge in [-0.2, -0.15) is 0 Å². The van der Waals surface area contributed by atoms with E-state index in [0.29, 0.717) is 28.2 Å². The van der Waals surface area contributed by atoms with Gasteiger partial charge < -0.3 is 24.4 Å². The third kappa shape index (κ3) is 3.40. The van der Waals surface area contributed by atoms with E-state index in [4.69, 9.17) is 14.2 Å². The standard InChI is InChI=1S/C19H28N2O4/c1-23-15-5-4-14(16(24-2)17(15)25-3)18(22)21-12-8-19(9-13-21)6-10-20-11-7-19/h4-5,20H,6-13H2,1-3H3. The molecule has 6 heteroatoms. The lowest BCUT2D eigenvalue weighted by molar-refractivity contribution is 0.0492. The van der Waals surface area contributed by atoms with Crippen LogP contribution in [0.1, 0.15) is 36.0 Å². The van der Waals surface area contributed by atoms with E-state index in [1.54, 1.807) is 33.5 Å². The Hall–Kier alpha value is -1.95. The van der Waals surface area contributed by atoms with Crippen molar-refractivity contribution in [3.63, 3.8) is 0 Å². The highest BCUT2D eigenvalue weighted by atomic mass is 16.5. The fourth-order valence-corrected chi connectivity index (χ4v) is 4.08. The summed E-state index contributed by atoms with van der Waals surface area (Å²) < 4.78 is 16.2. The van der Waals surface area contributed by atoms with Crippen LogP contribution < -0.4 is 19.5 Å². The van der Waals surface area contributed by atoms with Gasteiger partial charge in [-0.3, -0.25) is 4.79 Å². The molecule has 3 rings (SSSR count). The van der Waals surface area contributed by atoms with E-state index in [0.717, 1.165) is 39.0 Å². The van der Waals surface area contributed by atoms with E-state index < -0.39 is 0 Å². The first kappa shape index (κ1) is 17.9. The van der Waals surface area contributed by atoms with Gasteiger partial charge in [0.2, 0.25) is 5.75 Å². The number of nitrogens with zero attached hydrogens (tertiary/aromatic N) is 1. The first-order valence-corrected chi connectivity index (χ1v) is 8.93. The second-order valence-electron chi connectivity index (χ2n) is 6.92. The molecule has 1 aromatic rings. The topological polar surface area (TPSA) is 60.0 Å². The smallest absolute Gasteiger partial charge is 0.257 e. The number of methoxy groups -OCH3 is 3. The number of hydrogen-bond acceptors (Lipinski definition) is 5. The number of piperidine rings is 2. The second-order valence-corrected chi connectivity index (χ2v) is 6.92. The lowest BCUT2D eigenvalue weighted by atomic mass is 9.71. The van der Waals surface area contributed by atoms with Gasteiger partial charge >= 0.3 is 0 Å². The summed E-state index contributed by atoms with van der Waals surface area (Å²) in [6.07, 6.45) is 4.59. The molecule has 0 aromatic heterocycles. The zero-order valence-electron chi connectivity index (χ0n) is 15.4. The van der Waals surface area contributed by atoms with E-state index in [-0.39, 0.29) is 5.91 Å². The number of hydrogen-bond donors (Lipinski definition) is 1. The average molecular weight is 348 g/mol. The van der Waals surface area contributed by atoms with Gasteiger partial charge in [0.25, 0.3) is 5.91 Å². The van der Waals surface area contributed by atoms with Crippen LogP contribution in [0.2, 0.25) is 0 Å². The van der Waals surface area contributed by atoms with E-state index in [2.05, 4.69) is 5.32 Å². The monoisotopic (exact) mass is 348 g/mol. The summed E-state index contributed by atoms with van der Waals surface area (Å²) in [5.41, 5.74) is 0.949. The maximum absolute atomic E-state index is 13.1. The second kappa shape index (κ2) is 7.52. The van der Waals surface area contributed by atoms with Crippen LogP contribution in [-0.4, -0.2) is 58.3 Å². The fourth-order valence-electron chi connectivity index (χ4n) is 4.08. The minimum atomic E-state index is 0.00147. The molecule has 2 saturated heterocycles. The van der Waals surface area contributed by atoms with Crippen molar-refractivity contribution in [1.29, 1.82) is 0 Å². The van der Waals surface area contributed by atoms with E-state index in [1.807, 2.05) is 4.90 Å². The Morgan fingerprint density at radius 1 is 0.960 bits per heavy atom. The summed E-state index contributed by atoms with van der Waals surface area (Å²) in [4.78, 5) is 15.0. The van der Waals surface area contributed by atoms with Crippen molar-refractivity contribution in [2.24, 2.45) is 5.41 Å². The Morgan fingerprint density at radius 3 is 2.16 bits per heavy atom. The maximum Gasteiger partial charge on any atom is 0.257 e. The number of carbonyl (C=O) groups excluding carboxylic acids is 1. The van der Waals surface area contributed by atoms with Crippen molar-refractivity contribution >= 4 is 5.91 Å². The summed E-state index contributed by atoms with van der Waals surface area (Å²) in [6, 6.07) is 3.52. The van der Waals surface area contributed by atoms with Crippen LogP contribution in [0.3, 0.4) is 0 Å². The number of amides is 1. The zero-order valence-corrected chi connectivity index (χ0v) is 15.4. The number of carbonyl (C=O) groups is 1. The molecule has 1 aromatic carbocycles. The molecule has 0 bridgehead atoms. The van der Waals surface area contributed by atoms with Crippen LogP contribution in [-0.2, 0) is 0 Å². The molecule has 0 atom stereocenters. The van der Waals surface area contributed by atoms with E-state index in [1.165, 1.54) is 12.8 Å². The van der Waals surface area contributed by atoms with Gasteiger partial charge in [0, 0.05) is 13.1 Å². The summed E-state index contributed by atoms with van der Waals surface area (Å²) in [6.45, 7) is 3.79. The van der Waals surface area contributed by atoms with Gasteiger partial charge in [0.1, 0.15) is 0 Å². The van der Waals surface area contributed by atoms with Crippen LogP contribution in [0.15, 0.2) is 12.1 Å². The van der Waals surface area contributed by atoms with Crippen molar-refractivity contribution in [3.05, 3.63) is 17.7 Å². The number of benzene rings is 1. The number of ether oxygens (including phenoxy) is 3. The van der Waals surface area contributed by atoms with Gasteiger partial charge in [0.05, 0.1) is 26.9 Å². The average Bonchev–Trinajstić information content (AvgIpc) is 2.67. The predicted molar refractivity (Wildman–Crippen MR) is 95.8 cm³/mol. The molecule has 1 N–H and O–H groups in total. The van der Waals surface area contributed by atoms with E-state index in [9.17, 15) is 4.79 Å². The normalized spacial score (nSPS) is 19.6. The molecule has 6 nitrogen and oxygen atoms in total. The number of nitrogens with one attached hydrogen (secondary N) is 1. The number of likely N-dealkylation sites (tertiary alicyclic amines) is 1. The zero-order chi connectivity index (χ0) is 17.9. The van der Waals surface area contributed by atoms with Crippen LogP contribution in [0.4, 0.5) is 0 Å². The highest BCUT2D eigenvalue weighted by Crippen LogP contribution is 2.42. The molecule has 0 saturated carbocycles. The summed E-state index contributed by atoms with van der Waals surface area (Å²) >= 11 is 0. The molecule has 25 heavy (non-hydrogen) atoms. The Bertz CT molecular complexity index is 616. The third-order valence-electron chi connectivity index (χ3n) is 5.71. The van der Waals surface area contributed by atoms with Gasteiger partial charge in [-0.15, -0.1) is 0 Å². The molecule has 2 aliphatic rings. The molecular weight excluding hydrogens is 320 g/mol. The summed E-state index contributed by atoms with van der Waals surface area (Å²) in [5, 5.41) is 3.43. The SMILES string of the molecule is COc1ccc(C(=O)N2CCC3(CCNCC3)CC2)c(OC)c1OC. The van der Waals surface area contributed by atoms with Gasteiger partial charge in [-0.25, -0.2) is 0 Å². The highest BCUT2D eigenvalue weighted by molar-refractivity contribution is 5.98. The minimum absolute atomic E-state index is 0.00147. The molecule has 1 amide bonds. The fraction of sp³-hybridized carbons (Fsp3) is 0.632. The number of rotatable bonds is 4. The van der Waals surface area contributed by atoms with Crippen molar-refractivity contribution in [1.82, 2.24) is 10.2 Å². The quantitative estimate of drug-likeness (QED) is 0.905. The van der Waals surface area contributed by atoms with E-state index >= 15 is 0 Å². The Kier molecular flexibility index (Phi) is 5.37. The van der Waals surface area contributed by atoms with Crippen molar-refractivity contribution in [2.45, 2.75) is 25.7 Å². The molecule has 0 radical (unpaired) electrons. The third-order valence-corrected chi connectivity index (χ3v) is 5.71. The summed E-state index contributed by atoms with van der Waals surface area (Å²) in [5.74, 6) is 1.46. The molecule has 2 fully saturated rings. The molecule has 1 spiro atoms. The first-order valence-electron chi connectivity index (χ1n) is 8.93. The first-order chi connectivity index (χ1) is 12.1. The van der Waals surface area contributed by atoms with Crippen molar-refractivity contribution < 1.29 is 19.0 Å². The minimum Gasteiger partial charge on any atom is -0.493 e. The molecule has 138 valence electrons. The van der Waals surface area contributed by atoms with Crippen LogP contribution in [0.25, 0.3) is 0 Å². The lowest BCUT2D eigenvalue weighted by Crippen LogP contribution is -2.47. The molecule has 2 heterocycles. The molecular formula is C19H28N2O4. The van der Waals surface area contributed by atoms with Crippen LogP contribution in [0, 0.1) is 5.41 Å². The van der Waals surface area contributed by atoms with Gasteiger partial charge in [0.15, 0.2) is 11.5 Å². The van der Waals surface area contributed by atoms with Gasteiger partial charge in [-0.1, -0.05) is 0 Å². The van der Waals surface area contributed by atoms with Gasteiger partial charge in [-0.05, 0) is 56.3 Å². The lowest BCUT2D eigenvalue weighted by Gasteiger charge is -2.44. The molecule has 0 aliphatic carbocycles. The van der Waals surface area contributed by atoms with Crippen molar-refractivity contribution in [2.75, 3.05) is 47.5 Å². The highest BCUT2D eigenvalue weighted by Gasteiger charge is 2.37. The Labute approximate surface area is 149 Å². The van der Waals surface area contributed by atoms with Crippen molar-refractivity contribution in [3.8, 4) is 17.2 Å². The van der Waals surface area contributed by atoms with Crippen LogP contribution in [0.5, 0.6) is 17.2 Å². The Balaban J connectivity index is 1.77. The molecule has 0 unspecified atom stereocenters. The molecule has 2 aliphatic heterocycles. The predicted octanol–water partition coefficient (Wildman–Crippen LogP) is 2.32. The Morgan fingerprint density at radius 2 is 1.60 bits per heavy atom. The maximum atomic E-state index is 13.1. The largest absolute Gasteiger partial charge is 0.493 e. The summed E-state index contributed by atoms with van der Waals surface area (Å²) in [7, 11) is 4.67. The van der Waals surface area contributed by atoms with Crippen LogP contribution >= 0.6 is 0 Å².